The highest BCUT2D eigenvalue weighted by molar-refractivity contribution is 7.09. The van der Waals surface area contributed by atoms with Crippen molar-refractivity contribution in [1.82, 2.24) is 10.3 Å². The second kappa shape index (κ2) is 6.19. The van der Waals surface area contributed by atoms with Crippen molar-refractivity contribution in [2.24, 2.45) is 5.11 Å². The maximum Gasteiger partial charge on any atom is 0.330 e. The molecule has 0 saturated heterocycles. The van der Waals surface area contributed by atoms with Gasteiger partial charge in [-0.25, -0.2) is 9.78 Å². The largest absolute Gasteiger partial charge is 0.480 e. The minimum Gasteiger partial charge on any atom is -0.480 e. The van der Waals surface area contributed by atoms with Crippen LogP contribution in [0.1, 0.15) is 18.4 Å². The van der Waals surface area contributed by atoms with Crippen LogP contribution in [-0.4, -0.2) is 29.1 Å². The van der Waals surface area contributed by atoms with Gasteiger partial charge in [-0.1, -0.05) is 5.11 Å². The molecule has 1 unspecified atom stereocenters. The molecule has 0 amide bonds. The highest BCUT2D eigenvalue weighted by Gasteiger charge is 2.36. The summed E-state index contributed by atoms with van der Waals surface area (Å²) in [6.45, 7) is 2.36. The van der Waals surface area contributed by atoms with Crippen LogP contribution in [0, 0.1) is 0 Å². The Bertz CT molecular complexity index is 415. The number of aliphatic carboxylic acids is 1. The molecule has 2 N–H and O–H groups in total. The van der Waals surface area contributed by atoms with Gasteiger partial charge < -0.3 is 5.11 Å². The molecule has 92 valence electrons. The van der Waals surface area contributed by atoms with Gasteiger partial charge in [-0.3, -0.25) is 5.32 Å². The van der Waals surface area contributed by atoms with Crippen molar-refractivity contribution in [3.63, 3.8) is 0 Å². The van der Waals surface area contributed by atoms with Gasteiger partial charge in [0.25, 0.3) is 0 Å². The number of hydrogen-bond donors (Lipinski definition) is 2. The Balaban J connectivity index is 2.61. The van der Waals surface area contributed by atoms with E-state index in [4.69, 9.17) is 5.53 Å². The monoisotopic (exact) mass is 255 g/mol. The van der Waals surface area contributed by atoms with E-state index < -0.39 is 11.5 Å². The lowest BCUT2D eigenvalue weighted by atomic mass is 10.0. The van der Waals surface area contributed by atoms with Crippen molar-refractivity contribution in [3.8, 4) is 0 Å². The van der Waals surface area contributed by atoms with Gasteiger partial charge in [0, 0.05) is 23.0 Å². The van der Waals surface area contributed by atoms with Crippen molar-refractivity contribution in [2.45, 2.75) is 18.9 Å². The van der Waals surface area contributed by atoms with Crippen LogP contribution in [0.3, 0.4) is 0 Å². The first kappa shape index (κ1) is 13.4. The third-order valence-corrected chi connectivity index (χ3v) is 3.26. The summed E-state index contributed by atoms with van der Waals surface area (Å²) in [7, 11) is 0. The lowest BCUT2D eigenvalue weighted by Crippen LogP contribution is -2.47. The summed E-state index contributed by atoms with van der Waals surface area (Å²) in [5, 5.41) is 17.8. The molecule has 0 aliphatic carbocycles. The molecule has 1 aromatic rings. The molecule has 0 radical (unpaired) electrons. The molecule has 0 saturated carbocycles. The predicted octanol–water partition coefficient (Wildman–Crippen LogP) is 1.73. The SMILES string of the molecule is CC(NCCCN=[N+]=[N-])(C(=O)O)c1nccs1. The highest BCUT2D eigenvalue weighted by Crippen LogP contribution is 2.23. The second-order valence-electron chi connectivity index (χ2n) is 3.50. The van der Waals surface area contributed by atoms with Crippen molar-refractivity contribution < 1.29 is 9.90 Å². The van der Waals surface area contributed by atoms with Crippen LogP contribution in [-0.2, 0) is 10.3 Å². The van der Waals surface area contributed by atoms with Crippen LogP contribution >= 0.6 is 11.3 Å². The van der Waals surface area contributed by atoms with Gasteiger partial charge in [-0.05, 0) is 25.4 Å². The van der Waals surface area contributed by atoms with E-state index in [0.717, 1.165) is 0 Å². The summed E-state index contributed by atoms with van der Waals surface area (Å²) in [6, 6.07) is 0. The van der Waals surface area contributed by atoms with Crippen LogP contribution in [0.4, 0.5) is 0 Å². The number of carboxylic acid groups (broad SMARTS) is 1. The van der Waals surface area contributed by atoms with Gasteiger partial charge in [-0.15, -0.1) is 11.3 Å². The number of aromatic nitrogens is 1. The van der Waals surface area contributed by atoms with Gasteiger partial charge in [0.2, 0.25) is 0 Å². The zero-order valence-corrected chi connectivity index (χ0v) is 10.1. The summed E-state index contributed by atoms with van der Waals surface area (Å²) in [4.78, 5) is 17.9. The molecule has 0 fully saturated rings. The second-order valence-corrected chi connectivity index (χ2v) is 4.40. The summed E-state index contributed by atoms with van der Waals surface area (Å²) in [5.41, 5.74) is 6.91. The van der Waals surface area contributed by atoms with Crippen LogP contribution in [0.15, 0.2) is 16.7 Å². The molecule has 1 atom stereocenters. The van der Waals surface area contributed by atoms with E-state index in [2.05, 4.69) is 20.3 Å². The van der Waals surface area contributed by atoms with E-state index in [9.17, 15) is 9.90 Å². The number of nitrogens with zero attached hydrogens (tertiary/aromatic N) is 4. The maximum absolute atomic E-state index is 11.3. The molecular formula is C9H13N5O2S. The summed E-state index contributed by atoms with van der Waals surface area (Å²) in [6.07, 6.45) is 2.15. The number of carboxylic acids is 1. The van der Waals surface area contributed by atoms with E-state index in [1.807, 2.05) is 0 Å². The lowest BCUT2D eigenvalue weighted by molar-refractivity contribution is -0.144. The first-order chi connectivity index (χ1) is 8.11. The smallest absolute Gasteiger partial charge is 0.330 e. The molecule has 0 bridgehead atoms. The topological polar surface area (TPSA) is 111 Å². The quantitative estimate of drug-likeness (QED) is 0.334. The van der Waals surface area contributed by atoms with E-state index in [0.29, 0.717) is 24.5 Å². The number of rotatable bonds is 7. The number of thiazole rings is 1. The Hall–Kier alpha value is -1.63. The Morgan fingerprint density at radius 1 is 1.82 bits per heavy atom. The van der Waals surface area contributed by atoms with Crippen LogP contribution < -0.4 is 5.32 Å². The predicted molar refractivity (Wildman–Crippen MR) is 63.7 cm³/mol. The van der Waals surface area contributed by atoms with Gasteiger partial charge in [-0.2, -0.15) is 0 Å². The van der Waals surface area contributed by atoms with Crippen molar-refractivity contribution in [2.75, 3.05) is 13.1 Å². The Morgan fingerprint density at radius 2 is 2.59 bits per heavy atom. The van der Waals surface area contributed by atoms with Crippen molar-refractivity contribution >= 4 is 17.3 Å². The number of azide groups is 1. The molecule has 1 rings (SSSR count). The Labute approximate surface area is 102 Å². The molecule has 0 aromatic carbocycles. The Morgan fingerprint density at radius 3 is 3.12 bits per heavy atom. The third-order valence-electron chi connectivity index (χ3n) is 2.26. The average Bonchev–Trinajstić information content (AvgIpc) is 2.82. The fourth-order valence-corrected chi connectivity index (χ4v) is 2.01. The summed E-state index contributed by atoms with van der Waals surface area (Å²) < 4.78 is 0. The molecule has 17 heavy (non-hydrogen) atoms. The number of hydrogen-bond acceptors (Lipinski definition) is 5. The van der Waals surface area contributed by atoms with Crippen LogP contribution in [0.2, 0.25) is 0 Å². The van der Waals surface area contributed by atoms with Crippen molar-refractivity contribution in [1.29, 1.82) is 0 Å². The maximum atomic E-state index is 11.3. The van der Waals surface area contributed by atoms with Crippen molar-refractivity contribution in [3.05, 3.63) is 27.0 Å². The van der Waals surface area contributed by atoms with Crippen LogP contribution in [0.25, 0.3) is 10.4 Å². The number of carbonyl (C=O) groups is 1. The number of nitrogens with one attached hydrogen (secondary N) is 1. The molecular weight excluding hydrogens is 242 g/mol. The minimum atomic E-state index is -1.19. The standard InChI is InChI=1S/C9H13N5O2S/c1-9(8(15)16,7-11-5-6-17-7)12-3-2-4-13-14-10/h5-6,12H,2-4H2,1H3,(H,15,16). The van der Waals surface area contributed by atoms with Gasteiger partial charge >= 0.3 is 5.97 Å². The first-order valence-electron chi connectivity index (χ1n) is 5.00. The first-order valence-corrected chi connectivity index (χ1v) is 5.88. The van der Waals surface area contributed by atoms with Gasteiger partial charge in [0.1, 0.15) is 5.01 Å². The van der Waals surface area contributed by atoms with Crippen LogP contribution in [0.5, 0.6) is 0 Å². The molecule has 0 spiro atoms. The molecule has 7 nitrogen and oxygen atoms in total. The van der Waals surface area contributed by atoms with E-state index in [1.54, 1.807) is 18.5 Å². The zero-order valence-electron chi connectivity index (χ0n) is 9.33. The summed E-state index contributed by atoms with van der Waals surface area (Å²) >= 11 is 1.29. The molecule has 8 heteroatoms. The highest BCUT2D eigenvalue weighted by atomic mass is 32.1. The van der Waals surface area contributed by atoms with Gasteiger partial charge in [0.05, 0.1) is 0 Å². The summed E-state index contributed by atoms with van der Waals surface area (Å²) in [5.74, 6) is -0.976. The molecule has 1 aromatic heterocycles. The average molecular weight is 255 g/mol. The lowest BCUT2D eigenvalue weighted by Gasteiger charge is -2.23. The van der Waals surface area contributed by atoms with E-state index in [1.165, 1.54) is 11.3 Å². The normalized spacial score (nSPS) is 13.7. The fourth-order valence-electron chi connectivity index (χ4n) is 1.25. The third kappa shape index (κ3) is 3.42. The molecule has 1 heterocycles. The molecule has 0 aliphatic rings. The van der Waals surface area contributed by atoms with E-state index >= 15 is 0 Å². The zero-order chi connectivity index (χ0) is 12.7. The van der Waals surface area contributed by atoms with Gasteiger partial charge in [0.15, 0.2) is 5.54 Å². The fraction of sp³-hybridized carbons (Fsp3) is 0.556. The molecule has 0 aliphatic heterocycles. The Kier molecular flexibility index (Phi) is 4.89. The van der Waals surface area contributed by atoms with E-state index in [-0.39, 0.29) is 0 Å². The minimum absolute atomic E-state index is 0.344.